The summed E-state index contributed by atoms with van der Waals surface area (Å²) in [6.45, 7) is 17.7. The minimum atomic E-state index is -1.70. The third-order valence-electron chi connectivity index (χ3n) is 5.99. The second kappa shape index (κ2) is 14.8. The van der Waals surface area contributed by atoms with Gasteiger partial charge in [-0.1, -0.05) is 67.2 Å². The van der Waals surface area contributed by atoms with Gasteiger partial charge in [-0.15, -0.1) is 17.9 Å². The Morgan fingerprint density at radius 2 is 1.94 bits per heavy atom. The summed E-state index contributed by atoms with van der Waals surface area (Å²) in [5.74, 6) is 0. The molecule has 176 valence electrons. The van der Waals surface area contributed by atoms with Crippen LogP contribution in [0, 0.1) is 0 Å². The molecule has 0 aliphatic heterocycles. The summed E-state index contributed by atoms with van der Waals surface area (Å²) >= 11 is 4.28. The average Bonchev–Trinajstić information content (AvgIpc) is 3.10. The van der Waals surface area contributed by atoms with Crippen LogP contribution in [0.25, 0.3) is 6.08 Å². The number of aryl methyl sites for hydroxylation is 1. The lowest BCUT2D eigenvalue weighted by Crippen LogP contribution is -2.44. The number of rotatable bonds is 15. The number of hydrogen-bond acceptors (Lipinski definition) is 3. The Morgan fingerprint density at radius 3 is 2.58 bits per heavy atom. The van der Waals surface area contributed by atoms with E-state index in [2.05, 4.69) is 93.6 Å². The lowest BCUT2D eigenvalue weighted by Gasteiger charge is -2.39. The quantitative estimate of drug-likeness (QED) is 0.0686. The highest BCUT2D eigenvalue weighted by Gasteiger charge is 2.38. The van der Waals surface area contributed by atoms with Gasteiger partial charge in [0.15, 0.2) is 8.32 Å². The molecule has 0 saturated carbocycles. The van der Waals surface area contributed by atoms with Crippen LogP contribution in [0.15, 0.2) is 35.8 Å². The molecule has 1 rings (SSSR count). The largest absolute Gasteiger partial charge is 0.414 e. The van der Waals surface area contributed by atoms with Crippen molar-refractivity contribution in [2.75, 3.05) is 4.43 Å². The molecule has 0 bridgehead atoms. The first-order valence-electron chi connectivity index (χ1n) is 11.7. The van der Waals surface area contributed by atoms with Gasteiger partial charge in [0.25, 0.3) is 0 Å². The van der Waals surface area contributed by atoms with E-state index in [9.17, 15) is 0 Å². The van der Waals surface area contributed by atoms with E-state index in [0.29, 0.717) is 6.10 Å². The molecule has 0 aliphatic carbocycles. The number of hydrogen-bond donors (Lipinski definition) is 0. The van der Waals surface area contributed by atoms with Crippen molar-refractivity contribution in [3.05, 3.63) is 46.5 Å². The smallest absolute Gasteiger partial charge is 0.192 e. The predicted octanol–water partition coefficient (Wildman–Crippen LogP) is 9.39. The first kappa shape index (κ1) is 28.8. The second-order valence-corrected chi connectivity index (χ2v) is 16.7. The highest BCUT2D eigenvalue weighted by Crippen LogP contribution is 2.38. The molecule has 0 radical (unpaired) electrons. The lowest BCUT2D eigenvalue weighted by molar-refractivity contribution is 0.166. The minimum Gasteiger partial charge on any atom is -0.414 e. The Bertz CT molecular complexity index is 703. The fraction of sp³-hybridized carbons (Fsp3) is 0.654. The van der Waals surface area contributed by atoms with Crippen molar-refractivity contribution in [1.29, 1.82) is 0 Å². The Morgan fingerprint density at radius 1 is 1.23 bits per heavy atom. The summed E-state index contributed by atoms with van der Waals surface area (Å²) in [6.07, 6.45) is 18.0. The number of halogens is 1. The molecule has 31 heavy (non-hydrogen) atoms. The van der Waals surface area contributed by atoms with Crippen LogP contribution >= 0.6 is 33.9 Å². The van der Waals surface area contributed by atoms with Crippen molar-refractivity contribution in [3.8, 4) is 0 Å². The standard InChI is InChI=1S/C26H44INOSSi/c1-8-9-10-11-12-13-15-22(2)20-23-21-30-25(28-23)17-14-16-24(18-19-27)29-31(6,7)26(3,4)5/h8,11-12,20-21,24H,1,9-10,13-19H2,2-7H3/b12-11+,22-20+. The maximum absolute atomic E-state index is 6.70. The topological polar surface area (TPSA) is 22.1 Å². The van der Waals surface area contributed by atoms with Gasteiger partial charge in [0.1, 0.15) is 0 Å². The van der Waals surface area contributed by atoms with E-state index in [1.165, 1.54) is 10.6 Å². The summed E-state index contributed by atoms with van der Waals surface area (Å²) in [7, 11) is -1.70. The van der Waals surface area contributed by atoms with Crippen molar-refractivity contribution >= 4 is 48.3 Å². The van der Waals surface area contributed by atoms with Crippen molar-refractivity contribution in [2.45, 2.75) is 103 Å². The van der Waals surface area contributed by atoms with Crippen molar-refractivity contribution in [3.63, 3.8) is 0 Å². The lowest BCUT2D eigenvalue weighted by atomic mass is 10.1. The van der Waals surface area contributed by atoms with Gasteiger partial charge < -0.3 is 4.43 Å². The molecule has 0 aromatic carbocycles. The molecule has 0 fully saturated rings. The SMILES string of the molecule is C=CCC/C=C/CC/C(C)=C/c1csc(CCCC(CCI)O[Si](C)(C)C(C)(C)C)n1. The van der Waals surface area contributed by atoms with Crippen LogP contribution in [0.5, 0.6) is 0 Å². The van der Waals surface area contributed by atoms with Crippen LogP contribution in [0.3, 0.4) is 0 Å². The number of unbranched alkanes of at least 4 members (excludes halogenated alkanes) is 1. The van der Waals surface area contributed by atoms with Crippen LogP contribution < -0.4 is 0 Å². The monoisotopic (exact) mass is 573 g/mol. The molecule has 1 aromatic rings. The molecule has 2 nitrogen and oxygen atoms in total. The van der Waals surface area contributed by atoms with Crippen molar-refractivity contribution in [2.24, 2.45) is 0 Å². The predicted molar refractivity (Wildman–Crippen MR) is 152 cm³/mol. The molecule has 0 aliphatic rings. The van der Waals surface area contributed by atoms with Gasteiger partial charge in [-0.05, 0) is 82.5 Å². The van der Waals surface area contributed by atoms with Gasteiger partial charge in [0.05, 0.1) is 10.7 Å². The van der Waals surface area contributed by atoms with E-state index in [1.807, 2.05) is 6.08 Å². The first-order chi connectivity index (χ1) is 14.6. The zero-order valence-electron chi connectivity index (χ0n) is 20.7. The van der Waals surface area contributed by atoms with Gasteiger partial charge in [0, 0.05) is 15.9 Å². The first-order valence-corrected chi connectivity index (χ1v) is 17.0. The molecule has 5 heteroatoms. The second-order valence-electron chi connectivity index (χ2n) is 9.90. The van der Waals surface area contributed by atoms with Gasteiger partial charge in [-0.2, -0.15) is 0 Å². The molecular weight excluding hydrogens is 529 g/mol. The van der Waals surface area contributed by atoms with Crippen LogP contribution in [0.2, 0.25) is 18.1 Å². The molecule has 0 spiro atoms. The molecule has 0 N–H and O–H groups in total. The van der Waals surface area contributed by atoms with Gasteiger partial charge in [-0.3, -0.25) is 0 Å². The van der Waals surface area contributed by atoms with Crippen LogP contribution in [0.4, 0.5) is 0 Å². The van der Waals surface area contributed by atoms with Gasteiger partial charge in [-0.25, -0.2) is 4.98 Å². The van der Waals surface area contributed by atoms with E-state index in [-0.39, 0.29) is 5.04 Å². The molecule has 0 saturated heterocycles. The number of nitrogens with zero attached hydrogens (tertiary/aromatic N) is 1. The van der Waals surface area contributed by atoms with Crippen LogP contribution in [0.1, 0.15) is 83.3 Å². The zero-order chi connectivity index (χ0) is 23.3. The van der Waals surface area contributed by atoms with E-state index in [1.54, 1.807) is 11.3 Å². The van der Waals surface area contributed by atoms with Crippen LogP contribution in [-0.4, -0.2) is 23.8 Å². The van der Waals surface area contributed by atoms with Gasteiger partial charge >= 0.3 is 0 Å². The number of allylic oxidation sites excluding steroid dienone is 4. The molecule has 1 aromatic heterocycles. The molecule has 1 unspecified atom stereocenters. The minimum absolute atomic E-state index is 0.270. The average molecular weight is 574 g/mol. The number of alkyl halides is 1. The summed E-state index contributed by atoms with van der Waals surface area (Å²) in [4.78, 5) is 4.86. The van der Waals surface area contributed by atoms with Crippen molar-refractivity contribution in [1.82, 2.24) is 4.98 Å². The Labute approximate surface area is 210 Å². The molecular formula is C26H44INOSSi. The third-order valence-corrected chi connectivity index (χ3v) is 12.1. The molecule has 1 atom stereocenters. The van der Waals surface area contributed by atoms with Gasteiger partial charge in [0.2, 0.25) is 0 Å². The van der Waals surface area contributed by atoms with Crippen LogP contribution in [-0.2, 0) is 10.8 Å². The van der Waals surface area contributed by atoms with E-state index in [0.717, 1.165) is 61.5 Å². The Hall–Kier alpha value is -0.243. The zero-order valence-corrected chi connectivity index (χ0v) is 24.7. The maximum Gasteiger partial charge on any atom is 0.192 e. The highest BCUT2D eigenvalue weighted by molar-refractivity contribution is 14.1. The van der Waals surface area contributed by atoms with E-state index in [4.69, 9.17) is 9.41 Å². The normalized spacial score (nSPS) is 14.4. The van der Waals surface area contributed by atoms with E-state index < -0.39 is 8.32 Å². The summed E-state index contributed by atoms with van der Waals surface area (Å²) < 4.78 is 7.86. The Kier molecular flexibility index (Phi) is 13.8. The Balaban J connectivity index is 2.49. The summed E-state index contributed by atoms with van der Waals surface area (Å²) in [6, 6.07) is 0. The summed E-state index contributed by atoms with van der Waals surface area (Å²) in [5.41, 5.74) is 2.52. The molecule has 0 amide bonds. The number of aromatic nitrogens is 1. The van der Waals surface area contributed by atoms with Crippen molar-refractivity contribution < 1.29 is 4.43 Å². The fourth-order valence-electron chi connectivity index (χ4n) is 3.05. The molecule has 1 heterocycles. The number of thiazole rings is 1. The fourth-order valence-corrected chi connectivity index (χ4v) is 5.96. The van der Waals surface area contributed by atoms with E-state index >= 15 is 0 Å². The third kappa shape index (κ3) is 12.0. The summed E-state index contributed by atoms with van der Waals surface area (Å²) in [5, 5.41) is 3.73. The maximum atomic E-state index is 6.70. The highest BCUT2D eigenvalue weighted by atomic mass is 127.